The maximum absolute atomic E-state index is 13.4. The molecule has 0 N–H and O–H groups in total. The third-order valence-electron chi connectivity index (χ3n) is 2.09. The molecule has 0 aliphatic rings. The van der Waals surface area contributed by atoms with Gasteiger partial charge in [-0.3, -0.25) is 4.79 Å². The van der Waals surface area contributed by atoms with Crippen LogP contribution in [0.3, 0.4) is 0 Å². The summed E-state index contributed by atoms with van der Waals surface area (Å²) in [5.74, 6) is -0.343. The Morgan fingerprint density at radius 2 is 2.36 bits per heavy atom. The van der Waals surface area contributed by atoms with E-state index in [9.17, 15) is 9.18 Å². The van der Waals surface area contributed by atoms with Crippen LogP contribution in [0.25, 0.3) is 10.1 Å². The van der Waals surface area contributed by atoms with Gasteiger partial charge in [-0.15, -0.1) is 22.9 Å². The lowest BCUT2D eigenvalue weighted by molar-refractivity contribution is 0.111. The van der Waals surface area contributed by atoms with E-state index in [1.165, 1.54) is 17.4 Å². The average molecular weight is 229 g/mol. The zero-order valence-electron chi connectivity index (χ0n) is 7.09. The van der Waals surface area contributed by atoms with Gasteiger partial charge >= 0.3 is 0 Å². The number of hydrogen-bond donors (Lipinski definition) is 0. The Bertz CT molecular complexity index is 492. The molecular formula is C10H6ClFOS. The van der Waals surface area contributed by atoms with Crippen LogP contribution in [0.4, 0.5) is 4.39 Å². The highest BCUT2D eigenvalue weighted by atomic mass is 35.5. The minimum Gasteiger partial charge on any atom is -0.298 e. The van der Waals surface area contributed by atoms with Gasteiger partial charge in [0, 0.05) is 10.6 Å². The molecule has 0 saturated heterocycles. The predicted octanol–water partition coefficient (Wildman–Crippen LogP) is 3.59. The maximum atomic E-state index is 13.4. The fourth-order valence-electron chi connectivity index (χ4n) is 1.42. The first-order valence-corrected chi connectivity index (χ1v) is 5.39. The molecule has 1 heterocycles. The summed E-state index contributed by atoms with van der Waals surface area (Å²) < 4.78 is 14.3. The summed E-state index contributed by atoms with van der Waals surface area (Å²) in [6.45, 7) is 0. The van der Waals surface area contributed by atoms with Gasteiger partial charge in [-0.2, -0.15) is 0 Å². The largest absolute Gasteiger partial charge is 0.298 e. The monoisotopic (exact) mass is 228 g/mol. The highest BCUT2D eigenvalue weighted by molar-refractivity contribution is 7.17. The van der Waals surface area contributed by atoms with Crippen molar-refractivity contribution in [1.82, 2.24) is 0 Å². The molecule has 1 aromatic carbocycles. The molecule has 0 fully saturated rings. The number of carbonyl (C=O) groups is 1. The summed E-state index contributed by atoms with van der Waals surface area (Å²) in [6, 6.07) is 3.18. The lowest BCUT2D eigenvalue weighted by Crippen LogP contribution is -1.94. The second-order valence-corrected chi connectivity index (χ2v) is 4.02. The smallest absolute Gasteiger partial charge is 0.153 e. The van der Waals surface area contributed by atoms with Gasteiger partial charge in [-0.05, 0) is 28.5 Å². The minimum absolute atomic E-state index is 0.0787. The van der Waals surface area contributed by atoms with E-state index >= 15 is 0 Å². The Morgan fingerprint density at radius 3 is 3.00 bits per heavy atom. The van der Waals surface area contributed by atoms with Gasteiger partial charge in [0.15, 0.2) is 6.29 Å². The second-order valence-electron chi connectivity index (χ2n) is 2.84. The van der Waals surface area contributed by atoms with Crippen LogP contribution in [0.1, 0.15) is 15.9 Å². The Labute approximate surface area is 89.1 Å². The first-order chi connectivity index (χ1) is 6.77. The molecule has 2 rings (SSSR count). The molecule has 14 heavy (non-hydrogen) atoms. The summed E-state index contributed by atoms with van der Waals surface area (Å²) in [5.41, 5.74) is 0.668. The van der Waals surface area contributed by atoms with Crippen molar-refractivity contribution < 1.29 is 9.18 Å². The van der Waals surface area contributed by atoms with Gasteiger partial charge in [-0.1, -0.05) is 0 Å². The second kappa shape index (κ2) is 3.67. The molecule has 1 aromatic heterocycles. The Morgan fingerprint density at radius 1 is 1.57 bits per heavy atom. The molecule has 72 valence electrons. The standard InChI is InChI=1S/C10H6ClFOS/c11-4-7-8(5-13)9(12)3-6-1-2-14-10(6)7/h1-3,5H,4H2. The SMILES string of the molecule is O=Cc1c(F)cc2ccsc2c1CCl. The van der Waals surface area contributed by atoms with Gasteiger partial charge in [-0.25, -0.2) is 4.39 Å². The van der Waals surface area contributed by atoms with Gasteiger partial charge in [0.2, 0.25) is 0 Å². The van der Waals surface area contributed by atoms with Crippen molar-refractivity contribution in [3.05, 3.63) is 34.5 Å². The molecule has 0 spiro atoms. The molecule has 0 amide bonds. The van der Waals surface area contributed by atoms with E-state index in [2.05, 4.69) is 0 Å². The first-order valence-electron chi connectivity index (χ1n) is 3.97. The van der Waals surface area contributed by atoms with E-state index in [-0.39, 0.29) is 11.4 Å². The summed E-state index contributed by atoms with van der Waals surface area (Å²) in [6.07, 6.45) is 0.520. The van der Waals surface area contributed by atoms with Gasteiger partial charge in [0.05, 0.1) is 5.56 Å². The molecular weight excluding hydrogens is 223 g/mol. The van der Waals surface area contributed by atoms with Crippen LogP contribution in [0.5, 0.6) is 0 Å². The molecule has 2 aromatic rings. The van der Waals surface area contributed by atoms with Gasteiger partial charge < -0.3 is 0 Å². The fourth-order valence-corrected chi connectivity index (χ4v) is 2.71. The quantitative estimate of drug-likeness (QED) is 0.567. The number of fused-ring (bicyclic) bond motifs is 1. The number of hydrogen-bond acceptors (Lipinski definition) is 2. The summed E-state index contributed by atoms with van der Waals surface area (Å²) in [5, 5.41) is 2.66. The number of thiophene rings is 1. The van der Waals surface area contributed by atoms with E-state index in [0.717, 1.165) is 10.1 Å². The summed E-state index contributed by atoms with van der Waals surface area (Å²) in [4.78, 5) is 10.7. The fraction of sp³-hybridized carbons (Fsp3) is 0.100. The van der Waals surface area contributed by atoms with Crippen LogP contribution in [-0.4, -0.2) is 6.29 Å². The lowest BCUT2D eigenvalue weighted by atomic mass is 10.1. The first kappa shape index (κ1) is 9.62. The predicted molar refractivity (Wildman–Crippen MR) is 56.7 cm³/mol. The molecule has 0 unspecified atom stereocenters. The number of halogens is 2. The third kappa shape index (κ3) is 1.33. The molecule has 0 radical (unpaired) electrons. The van der Waals surface area contributed by atoms with Crippen molar-refractivity contribution >= 4 is 39.3 Å². The van der Waals surface area contributed by atoms with Crippen LogP contribution in [-0.2, 0) is 5.88 Å². The molecule has 0 atom stereocenters. The highest BCUT2D eigenvalue weighted by Gasteiger charge is 2.12. The van der Waals surface area contributed by atoms with Crippen molar-refractivity contribution in [3.63, 3.8) is 0 Å². The third-order valence-corrected chi connectivity index (χ3v) is 3.34. The van der Waals surface area contributed by atoms with Crippen LogP contribution >= 0.6 is 22.9 Å². The Hall–Kier alpha value is -0.930. The van der Waals surface area contributed by atoms with Crippen LogP contribution < -0.4 is 0 Å². The highest BCUT2D eigenvalue weighted by Crippen LogP contribution is 2.30. The number of aldehydes is 1. The van der Waals surface area contributed by atoms with E-state index in [1.807, 2.05) is 11.4 Å². The number of rotatable bonds is 2. The normalized spacial score (nSPS) is 10.7. The number of carbonyl (C=O) groups excluding carboxylic acids is 1. The van der Waals surface area contributed by atoms with E-state index in [1.54, 1.807) is 0 Å². The summed E-state index contributed by atoms with van der Waals surface area (Å²) in [7, 11) is 0. The van der Waals surface area contributed by atoms with Gasteiger partial charge in [0.25, 0.3) is 0 Å². The summed E-state index contributed by atoms with van der Waals surface area (Å²) >= 11 is 7.17. The number of alkyl halides is 1. The van der Waals surface area contributed by atoms with Crippen LogP contribution in [0, 0.1) is 5.82 Å². The molecule has 4 heteroatoms. The Balaban J connectivity index is 2.88. The molecule has 0 aliphatic heterocycles. The van der Waals surface area contributed by atoms with Crippen molar-refractivity contribution in [3.8, 4) is 0 Å². The average Bonchev–Trinajstić information content (AvgIpc) is 2.62. The van der Waals surface area contributed by atoms with E-state index < -0.39 is 5.82 Å². The van der Waals surface area contributed by atoms with E-state index in [4.69, 9.17) is 11.6 Å². The van der Waals surface area contributed by atoms with Crippen molar-refractivity contribution in [1.29, 1.82) is 0 Å². The maximum Gasteiger partial charge on any atom is 0.153 e. The number of benzene rings is 1. The molecule has 0 aliphatic carbocycles. The Kier molecular flexibility index (Phi) is 2.52. The van der Waals surface area contributed by atoms with Crippen LogP contribution in [0.2, 0.25) is 0 Å². The van der Waals surface area contributed by atoms with E-state index in [0.29, 0.717) is 11.8 Å². The van der Waals surface area contributed by atoms with Crippen LogP contribution in [0.15, 0.2) is 17.5 Å². The van der Waals surface area contributed by atoms with Crippen molar-refractivity contribution in [2.75, 3.05) is 0 Å². The minimum atomic E-state index is -0.499. The zero-order valence-corrected chi connectivity index (χ0v) is 8.66. The molecule has 1 nitrogen and oxygen atoms in total. The van der Waals surface area contributed by atoms with Crippen molar-refractivity contribution in [2.45, 2.75) is 5.88 Å². The van der Waals surface area contributed by atoms with Crippen molar-refractivity contribution in [2.24, 2.45) is 0 Å². The molecule has 0 saturated carbocycles. The topological polar surface area (TPSA) is 17.1 Å². The van der Waals surface area contributed by atoms with Gasteiger partial charge in [0.1, 0.15) is 5.82 Å². The lowest BCUT2D eigenvalue weighted by Gasteiger charge is -2.03. The molecule has 0 bridgehead atoms. The zero-order chi connectivity index (χ0) is 10.1.